The molecule has 0 bridgehead atoms. The van der Waals surface area contributed by atoms with Gasteiger partial charge in [0.15, 0.2) is 0 Å². The van der Waals surface area contributed by atoms with Gasteiger partial charge in [0.25, 0.3) is 0 Å². The fourth-order valence-corrected chi connectivity index (χ4v) is 4.11. The van der Waals surface area contributed by atoms with Gasteiger partial charge in [-0.25, -0.2) is 0 Å². The first-order valence-corrected chi connectivity index (χ1v) is 9.05. The van der Waals surface area contributed by atoms with Gasteiger partial charge in [-0.15, -0.1) is 0 Å². The maximum atomic E-state index is 6.22. The number of anilines is 2. The van der Waals surface area contributed by atoms with Crippen LogP contribution in [-0.4, -0.2) is 31.1 Å². The Kier molecular flexibility index (Phi) is 4.28. The number of likely N-dealkylation sites (tertiary alicyclic amines) is 1. The zero-order valence-electron chi connectivity index (χ0n) is 13.5. The largest absolute Gasteiger partial charge is 0.341 e. The molecule has 1 fully saturated rings. The second-order valence-electron chi connectivity index (χ2n) is 6.63. The molecular formula is C20H23ClN2. The van der Waals surface area contributed by atoms with Crippen LogP contribution in [0.3, 0.4) is 0 Å². The van der Waals surface area contributed by atoms with E-state index in [0.717, 1.165) is 18.0 Å². The number of benzene rings is 2. The highest BCUT2D eigenvalue weighted by atomic mass is 35.5. The van der Waals surface area contributed by atoms with Gasteiger partial charge in [0, 0.05) is 29.4 Å². The van der Waals surface area contributed by atoms with E-state index < -0.39 is 0 Å². The van der Waals surface area contributed by atoms with E-state index in [-0.39, 0.29) is 0 Å². The molecule has 0 spiro atoms. The number of nitrogens with zero attached hydrogens (tertiary/aromatic N) is 2. The van der Waals surface area contributed by atoms with Crippen LogP contribution in [0.1, 0.15) is 30.4 Å². The molecule has 0 saturated carbocycles. The highest BCUT2D eigenvalue weighted by molar-refractivity contribution is 6.30. The summed E-state index contributed by atoms with van der Waals surface area (Å²) < 4.78 is 0. The van der Waals surface area contributed by atoms with E-state index in [2.05, 4.69) is 46.2 Å². The van der Waals surface area contributed by atoms with Gasteiger partial charge in [0.05, 0.1) is 0 Å². The number of fused-ring (bicyclic) bond motifs is 2. The minimum Gasteiger partial charge on any atom is -0.341 e. The average molecular weight is 327 g/mol. The number of hydrogen-bond acceptors (Lipinski definition) is 2. The molecule has 2 aromatic carbocycles. The lowest BCUT2D eigenvalue weighted by Crippen LogP contribution is -2.28. The van der Waals surface area contributed by atoms with Crippen molar-refractivity contribution in [1.82, 2.24) is 4.90 Å². The van der Waals surface area contributed by atoms with Gasteiger partial charge >= 0.3 is 0 Å². The van der Waals surface area contributed by atoms with Crippen LogP contribution in [0.5, 0.6) is 0 Å². The summed E-state index contributed by atoms with van der Waals surface area (Å²) in [7, 11) is 0. The number of hydrogen-bond donors (Lipinski definition) is 0. The van der Waals surface area contributed by atoms with Crippen LogP contribution in [0.2, 0.25) is 5.02 Å². The van der Waals surface area contributed by atoms with Crippen molar-refractivity contribution >= 4 is 23.0 Å². The average Bonchev–Trinajstić information content (AvgIpc) is 3.07. The summed E-state index contributed by atoms with van der Waals surface area (Å²) in [6.45, 7) is 4.84. The van der Waals surface area contributed by atoms with E-state index in [1.807, 2.05) is 6.07 Å². The smallest absolute Gasteiger partial charge is 0.0447 e. The Morgan fingerprint density at radius 3 is 2.52 bits per heavy atom. The normalized spacial score (nSPS) is 17.2. The second kappa shape index (κ2) is 6.54. The molecular weight excluding hydrogens is 304 g/mol. The Balaban J connectivity index is 1.57. The summed E-state index contributed by atoms with van der Waals surface area (Å²) in [6.07, 6.45) is 4.92. The highest BCUT2D eigenvalue weighted by Crippen LogP contribution is 2.39. The molecule has 1 saturated heterocycles. The van der Waals surface area contributed by atoms with Crippen LogP contribution in [0.25, 0.3) is 0 Å². The van der Waals surface area contributed by atoms with E-state index in [1.165, 1.54) is 61.4 Å². The van der Waals surface area contributed by atoms with Crippen molar-refractivity contribution in [1.29, 1.82) is 0 Å². The van der Waals surface area contributed by atoms with Gasteiger partial charge in [-0.2, -0.15) is 0 Å². The fraction of sp³-hybridized carbons (Fsp3) is 0.400. The van der Waals surface area contributed by atoms with Crippen molar-refractivity contribution in [3.8, 4) is 0 Å². The summed E-state index contributed by atoms with van der Waals surface area (Å²) in [5.74, 6) is 0. The predicted molar refractivity (Wildman–Crippen MR) is 98.0 cm³/mol. The van der Waals surface area contributed by atoms with Crippen LogP contribution < -0.4 is 4.90 Å². The molecule has 0 radical (unpaired) electrons. The molecule has 0 unspecified atom stereocenters. The molecule has 0 atom stereocenters. The van der Waals surface area contributed by atoms with Crippen LogP contribution in [0, 0.1) is 0 Å². The van der Waals surface area contributed by atoms with E-state index in [9.17, 15) is 0 Å². The topological polar surface area (TPSA) is 6.48 Å². The molecule has 0 amide bonds. The van der Waals surface area contributed by atoms with E-state index >= 15 is 0 Å². The van der Waals surface area contributed by atoms with Crippen LogP contribution in [0.15, 0.2) is 42.5 Å². The number of halogens is 1. The Morgan fingerprint density at radius 1 is 0.870 bits per heavy atom. The molecule has 0 aliphatic carbocycles. The van der Waals surface area contributed by atoms with Crippen LogP contribution in [0.4, 0.5) is 11.4 Å². The zero-order valence-corrected chi connectivity index (χ0v) is 14.2. The highest BCUT2D eigenvalue weighted by Gasteiger charge is 2.22. The first kappa shape index (κ1) is 15.0. The van der Waals surface area contributed by atoms with Crippen LogP contribution in [-0.2, 0) is 6.42 Å². The van der Waals surface area contributed by atoms with Gasteiger partial charge in [-0.1, -0.05) is 29.8 Å². The Labute approximate surface area is 143 Å². The third-order valence-corrected chi connectivity index (χ3v) is 5.29. The van der Waals surface area contributed by atoms with Crippen molar-refractivity contribution in [2.24, 2.45) is 0 Å². The molecule has 120 valence electrons. The summed E-state index contributed by atoms with van der Waals surface area (Å²) >= 11 is 6.22. The quantitative estimate of drug-likeness (QED) is 0.791. The SMILES string of the molecule is Clc1ccc2c(c1)Cc1ccccc1N2CCCN1CCCC1. The predicted octanol–water partition coefficient (Wildman–Crippen LogP) is 4.87. The van der Waals surface area contributed by atoms with Crippen LogP contribution >= 0.6 is 11.6 Å². The maximum Gasteiger partial charge on any atom is 0.0447 e. The molecule has 2 aliphatic heterocycles. The molecule has 4 rings (SSSR count). The monoisotopic (exact) mass is 326 g/mol. The van der Waals surface area contributed by atoms with Crippen molar-refractivity contribution < 1.29 is 0 Å². The summed E-state index contributed by atoms with van der Waals surface area (Å²) in [5, 5.41) is 0.833. The first-order chi connectivity index (χ1) is 11.3. The van der Waals surface area contributed by atoms with Gasteiger partial charge < -0.3 is 9.80 Å². The van der Waals surface area contributed by atoms with Gasteiger partial charge in [0.1, 0.15) is 0 Å². The standard InChI is InChI=1S/C20H23ClN2/c21-18-8-9-20-17(15-18)14-16-6-1-2-7-19(16)23(20)13-5-12-22-10-3-4-11-22/h1-2,6-9,15H,3-5,10-14H2. The lowest BCUT2D eigenvalue weighted by atomic mass is 9.95. The Hall–Kier alpha value is -1.51. The third kappa shape index (κ3) is 3.11. The van der Waals surface area contributed by atoms with Crippen molar-refractivity contribution in [3.05, 3.63) is 58.6 Å². The first-order valence-electron chi connectivity index (χ1n) is 8.67. The number of para-hydroxylation sites is 1. The van der Waals surface area contributed by atoms with Gasteiger partial charge in [-0.3, -0.25) is 0 Å². The summed E-state index contributed by atoms with van der Waals surface area (Å²) in [4.78, 5) is 5.08. The van der Waals surface area contributed by atoms with Crippen molar-refractivity contribution in [2.45, 2.75) is 25.7 Å². The minimum atomic E-state index is 0.833. The van der Waals surface area contributed by atoms with E-state index in [0.29, 0.717) is 0 Å². The molecule has 23 heavy (non-hydrogen) atoms. The summed E-state index contributed by atoms with van der Waals surface area (Å²) in [5.41, 5.74) is 5.44. The second-order valence-corrected chi connectivity index (χ2v) is 7.07. The maximum absolute atomic E-state index is 6.22. The molecule has 2 aliphatic rings. The minimum absolute atomic E-state index is 0.833. The Bertz CT molecular complexity index is 692. The van der Waals surface area contributed by atoms with Crippen molar-refractivity contribution in [2.75, 3.05) is 31.1 Å². The molecule has 2 heterocycles. The lowest BCUT2D eigenvalue weighted by Gasteiger charge is -2.34. The molecule has 0 N–H and O–H groups in total. The van der Waals surface area contributed by atoms with Crippen molar-refractivity contribution in [3.63, 3.8) is 0 Å². The van der Waals surface area contributed by atoms with Gasteiger partial charge in [0.2, 0.25) is 0 Å². The lowest BCUT2D eigenvalue weighted by molar-refractivity contribution is 0.335. The summed E-state index contributed by atoms with van der Waals surface area (Å²) in [6, 6.07) is 15.1. The van der Waals surface area contributed by atoms with Gasteiger partial charge in [-0.05, 0) is 74.3 Å². The molecule has 0 aromatic heterocycles. The molecule has 2 nitrogen and oxygen atoms in total. The zero-order chi connectivity index (χ0) is 15.6. The Morgan fingerprint density at radius 2 is 1.65 bits per heavy atom. The number of rotatable bonds is 4. The van der Waals surface area contributed by atoms with E-state index in [1.54, 1.807) is 0 Å². The molecule has 3 heteroatoms. The molecule has 2 aromatic rings. The van der Waals surface area contributed by atoms with E-state index in [4.69, 9.17) is 11.6 Å². The third-order valence-electron chi connectivity index (χ3n) is 5.05. The fourth-order valence-electron chi connectivity index (χ4n) is 3.92.